The van der Waals surface area contributed by atoms with E-state index < -0.39 is 10.9 Å². The Morgan fingerprint density at radius 3 is 2.56 bits per heavy atom. The molecule has 98 valence electrons. The van der Waals surface area contributed by atoms with Gasteiger partial charge >= 0.3 is 5.97 Å². The molecule has 1 atom stereocenters. The normalized spacial score (nSPS) is 12.1. The quantitative estimate of drug-likeness (QED) is 0.440. The molecule has 0 aliphatic carbocycles. The van der Waals surface area contributed by atoms with E-state index in [1.807, 2.05) is 6.92 Å². The van der Waals surface area contributed by atoms with Crippen LogP contribution in [0.4, 0.5) is 5.69 Å². The molecule has 6 heteroatoms. The molecule has 1 aromatic carbocycles. The van der Waals surface area contributed by atoms with Crippen LogP contribution in [0.1, 0.15) is 31.4 Å². The summed E-state index contributed by atoms with van der Waals surface area (Å²) in [6, 6.07) is 6.37. The Hall–Kier alpha value is -1.95. The summed E-state index contributed by atoms with van der Waals surface area (Å²) in [7, 11) is 0. The zero-order valence-electron chi connectivity index (χ0n) is 10.1. The second kappa shape index (κ2) is 6.70. The van der Waals surface area contributed by atoms with Gasteiger partial charge in [0.25, 0.3) is 5.69 Å². The van der Waals surface area contributed by atoms with Crippen molar-refractivity contribution in [3.05, 3.63) is 39.9 Å². The molecule has 1 rings (SSSR count). The molecule has 0 aromatic heterocycles. The summed E-state index contributed by atoms with van der Waals surface area (Å²) in [5.41, 5.74) is 1.01. The highest BCUT2D eigenvalue weighted by atomic mass is 16.6. The molecule has 1 unspecified atom stereocenters. The fourth-order valence-corrected chi connectivity index (χ4v) is 1.56. The first-order valence-corrected chi connectivity index (χ1v) is 5.70. The number of carboxylic acids is 1. The van der Waals surface area contributed by atoms with E-state index in [-0.39, 0.29) is 18.2 Å². The van der Waals surface area contributed by atoms with Gasteiger partial charge in [0.05, 0.1) is 4.92 Å². The van der Waals surface area contributed by atoms with Crippen LogP contribution >= 0.6 is 0 Å². The summed E-state index contributed by atoms with van der Waals surface area (Å²) in [6.45, 7) is 2.53. The Kier molecular flexibility index (Phi) is 5.26. The minimum Gasteiger partial charge on any atom is -0.481 e. The fourth-order valence-electron chi connectivity index (χ4n) is 1.56. The number of nitrogens with one attached hydrogen (secondary N) is 1. The van der Waals surface area contributed by atoms with Gasteiger partial charge in [-0.25, -0.2) is 0 Å². The smallest absolute Gasteiger partial charge is 0.303 e. The number of nitro groups is 1. The maximum atomic E-state index is 10.5. The molecule has 18 heavy (non-hydrogen) atoms. The average molecular weight is 252 g/mol. The lowest BCUT2D eigenvalue weighted by atomic mass is 10.1. The van der Waals surface area contributed by atoms with Crippen molar-refractivity contribution in [2.75, 3.05) is 6.54 Å². The third-order valence-electron chi connectivity index (χ3n) is 2.62. The summed E-state index contributed by atoms with van der Waals surface area (Å²) < 4.78 is 0. The van der Waals surface area contributed by atoms with Crippen molar-refractivity contribution in [3.63, 3.8) is 0 Å². The van der Waals surface area contributed by atoms with E-state index in [1.165, 1.54) is 12.1 Å². The predicted octanol–water partition coefficient (Wildman–Crippen LogP) is 2.11. The van der Waals surface area contributed by atoms with Crippen LogP contribution in [0.5, 0.6) is 0 Å². The molecule has 0 heterocycles. The summed E-state index contributed by atoms with van der Waals surface area (Å²) >= 11 is 0. The number of non-ortho nitro benzene ring substituents is 1. The number of aliphatic carboxylic acids is 1. The van der Waals surface area contributed by atoms with Crippen LogP contribution in [0.2, 0.25) is 0 Å². The van der Waals surface area contributed by atoms with E-state index in [0.717, 1.165) is 5.56 Å². The summed E-state index contributed by atoms with van der Waals surface area (Å²) in [5.74, 6) is -0.806. The van der Waals surface area contributed by atoms with Gasteiger partial charge in [-0.3, -0.25) is 14.9 Å². The fraction of sp³-hybridized carbons (Fsp3) is 0.417. The average Bonchev–Trinajstić information content (AvgIpc) is 2.34. The van der Waals surface area contributed by atoms with E-state index in [4.69, 9.17) is 5.11 Å². The summed E-state index contributed by atoms with van der Waals surface area (Å²) in [6.07, 6.45) is 0.701. The number of carboxylic acid groups (broad SMARTS) is 1. The molecule has 0 saturated carbocycles. The third-order valence-corrected chi connectivity index (χ3v) is 2.62. The highest BCUT2D eigenvalue weighted by Gasteiger charge is 2.08. The van der Waals surface area contributed by atoms with E-state index in [1.54, 1.807) is 12.1 Å². The van der Waals surface area contributed by atoms with Crippen LogP contribution in [-0.4, -0.2) is 22.5 Å². The third kappa shape index (κ3) is 4.50. The number of hydrogen-bond donors (Lipinski definition) is 2. The van der Waals surface area contributed by atoms with Gasteiger partial charge in [0.15, 0.2) is 0 Å². The van der Waals surface area contributed by atoms with Crippen molar-refractivity contribution < 1.29 is 14.8 Å². The topological polar surface area (TPSA) is 92.5 Å². The molecule has 1 aromatic rings. The van der Waals surface area contributed by atoms with Crippen LogP contribution in [0, 0.1) is 10.1 Å². The number of nitro benzene ring substituents is 1. The highest BCUT2D eigenvalue weighted by molar-refractivity contribution is 5.66. The number of benzene rings is 1. The predicted molar refractivity (Wildman–Crippen MR) is 66.4 cm³/mol. The van der Waals surface area contributed by atoms with E-state index in [0.29, 0.717) is 13.0 Å². The van der Waals surface area contributed by atoms with Gasteiger partial charge in [0.1, 0.15) is 0 Å². The maximum absolute atomic E-state index is 10.5. The maximum Gasteiger partial charge on any atom is 0.303 e. The molecular weight excluding hydrogens is 236 g/mol. The number of hydrogen-bond acceptors (Lipinski definition) is 4. The van der Waals surface area contributed by atoms with Crippen LogP contribution in [0.15, 0.2) is 24.3 Å². The molecule has 0 spiro atoms. The van der Waals surface area contributed by atoms with Crippen molar-refractivity contribution >= 4 is 11.7 Å². The standard InChI is InChI=1S/C12H16N2O4/c1-9(13-8-2-3-12(15)16)10-4-6-11(7-5-10)14(17)18/h4-7,9,13H,2-3,8H2,1H3,(H,15,16). The largest absolute Gasteiger partial charge is 0.481 e. The Balaban J connectivity index is 2.44. The Bertz CT molecular complexity index is 417. The Labute approximate surface area is 105 Å². The molecule has 0 radical (unpaired) electrons. The van der Waals surface area contributed by atoms with Crippen LogP contribution in [-0.2, 0) is 4.79 Å². The minimum absolute atomic E-state index is 0.0413. The van der Waals surface area contributed by atoms with Gasteiger partial charge in [-0.1, -0.05) is 12.1 Å². The van der Waals surface area contributed by atoms with Gasteiger partial charge in [0.2, 0.25) is 0 Å². The molecule has 6 nitrogen and oxygen atoms in total. The molecule has 0 saturated heterocycles. The zero-order valence-corrected chi connectivity index (χ0v) is 10.1. The lowest BCUT2D eigenvalue weighted by Gasteiger charge is -2.13. The van der Waals surface area contributed by atoms with E-state index >= 15 is 0 Å². The summed E-state index contributed by atoms with van der Waals surface area (Å²) in [4.78, 5) is 20.4. The molecule has 0 amide bonds. The van der Waals surface area contributed by atoms with Crippen LogP contribution in [0.25, 0.3) is 0 Å². The second-order valence-electron chi connectivity index (χ2n) is 4.02. The lowest BCUT2D eigenvalue weighted by molar-refractivity contribution is -0.384. The molecule has 0 fully saturated rings. The first-order valence-electron chi connectivity index (χ1n) is 5.70. The zero-order chi connectivity index (χ0) is 13.5. The van der Waals surface area contributed by atoms with Crippen molar-refractivity contribution in [2.24, 2.45) is 0 Å². The monoisotopic (exact) mass is 252 g/mol. The molecular formula is C12H16N2O4. The molecule has 0 bridgehead atoms. The van der Waals surface area contributed by atoms with Gasteiger partial charge in [-0.2, -0.15) is 0 Å². The first kappa shape index (κ1) is 14.1. The van der Waals surface area contributed by atoms with Gasteiger partial charge in [-0.05, 0) is 25.5 Å². The van der Waals surface area contributed by atoms with Crippen molar-refractivity contribution in [2.45, 2.75) is 25.8 Å². The van der Waals surface area contributed by atoms with E-state index in [2.05, 4.69) is 5.32 Å². The lowest BCUT2D eigenvalue weighted by Crippen LogP contribution is -2.20. The number of nitrogens with zero attached hydrogens (tertiary/aromatic N) is 1. The molecule has 2 N–H and O–H groups in total. The first-order chi connectivity index (χ1) is 8.50. The molecule has 0 aliphatic heterocycles. The van der Waals surface area contributed by atoms with Crippen LogP contribution in [0.3, 0.4) is 0 Å². The molecule has 0 aliphatic rings. The van der Waals surface area contributed by atoms with E-state index in [9.17, 15) is 14.9 Å². The SMILES string of the molecule is CC(NCCCC(=O)O)c1ccc([N+](=O)[O-])cc1. The van der Waals surface area contributed by atoms with Crippen molar-refractivity contribution in [3.8, 4) is 0 Å². The number of rotatable bonds is 7. The summed E-state index contributed by atoms with van der Waals surface area (Å²) in [5, 5.41) is 22.1. The number of carbonyl (C=O) groups is 1. The highest BCUT2D eigenvalue weighted by Crippen LogP contribution is 2.17. The van der Waals surface area contributed by atoms with Gasteiger partial charge in [-0.15, -0.1) is 0 Å². The van der Waals surface area contributed by atoms with Gasteiger partial charge in [0, 0.05) is 24.6 Å². The Morgan fingerprint density at radius 1 is 1.44 bits per heavy atom. The van der Waals surface area contributed by atoms with Crippen molar-refractivity contribution in [1.29, 1.82) is 0 Å². The Morgan fingerprint density at radius 2 is 2.06 bits per heavy atom. The van der Waals surface area contributed by atoms with Crippen molar-refractivity contribution in [1.82, 2.24) is 5.32 Å². The van der Waals surface area contributed by atoms with Crippen LogP contribution < -0.4 is 5.32 Å². The van der Waals surface area contributed by atoms with Gasteiger partial charge < -0.3 is 10.4 Å². The second-order valence-corrected chi connectivity index (χ2v) is 4.02. The minimum atomic E-state index is -0.806.